The normalized spacial score (nSPS) is 16.0. The van der Waals surface area contributed by atoms with Crippen LogP contribution in [0.3, 0.4) is 0 Å². The number of aromatic nitrogens is 1. The van der Waals surface area contributed by atoms with Crippen LogP contribution in [0.2, 0.25) is 0 Å². The van der Waals surface area contributed by atoms with Gasteiger partial charge in [-0.05, 0) is 25.2 Å². The van der Waals surface area contributed by atoms with E-state index in [-0.39, 0.29) is 0 Å². The van der Waals surface area contributed by atoms with Gasteiger partial charge in [-0.15, -0.1) is 11.3 Å². The van der Waals surface area contributed by atoms with Crippen LogP contribution in [-0.4, -0.2) is 65.1 Å². The van der Waals surface area contributed by atoms with Crippen molar-refractivity contribution in [2.75, 3.05) is 59.0 Å². The van der Waals surface area contributed by atoms with Gasteiger partial charge >= 0.3 is 0 Å². The minimum atomic E-state index is 0.668. The van der Waals surface area contributed by atoms with E-state index >= 15 is 0 Å². The molecule has 1 aliphatic heterocycles. The molecule has 142 valence electrons. The molecule has 1 aromatic heterocycles. The molecule has 2 N–H and O–H groups in total. The maximum absolute atomic E-state index is 5.77. The zero-order valence-corrected chi connectivity index (χ0v) is 16.4. The first-order valence-electron chi connectivity index (χ1n) is 8.90. The molecular weight excluding hydrogens is 338 g/mol. The van der Waals surface area contributed by atoms with Crippen molar-refractivity contribution in [3.63, 3.8) is 0 Å². The Bertz CT molecular complexity index is 515. The van der Waals surface area contributed by atoms with Crippen molar-refractivity contribution in [2.24, 2.45) is 10.9 Å². The molecule has 0 saturated carbocycles. The highest BCUT2D eigenvalue weighted by Crippen LogP contribution is 2.17. The minimum absolute atomic E-state index is 0.668. The van der Waals surface area contributed by atoms with Crippen molar-refractivity contribution < 1.29 is 9.47 Å². The highest BCUT2D eigenvalue weighted by molar-refractivity contribution is 7.13. The lowest BCUT2D eigenvalue weighted by atomic mass is 10.0. The molecule has 1 fully saturated rings. The number of anilines is 1. The van der Waals surface area contributed by atoms with E-state index in [4.69, 9.17) is 9.47 Å². The topological polar surface area (TPSA) is 71.0 Å². The lowest BCUT2D eigenvalue weighted by Crippen LogP contribution is -2.37. The Morgan fingerprint density at radius 3 is 2.88 bits per heavy atom. The predicted octanol–water partition coefficient (Wildman–Crippen LogP) is 1.71. The van der Waals surface area contributed by atoms with Crippen LogP contribution in [0.15, 0.2) is 10.4 Å². The number of thiazole rings is 1. The molecule has 0 radical (unpaired) electrons. The molecule has 0 unspecified atom stereocenters. The molecule has 0 amide bonds. The third-order valence-corrected chi connectivity index (χ3v) is 5.09. The molecular formula is C17H31N5O2S. The summed E-state index contributed by atoms with van der Waals surface area (Å²) in [7, 11) is 5.78. The molecule has 0 aromatic carbocycles. The van der Waals surface area contributed by atoms with Crippen molar-refractivity contribution in [2.45, 2.75) is 25.8 Å². The average Bonchev–Trinajstić information content (AvgIpc) is 3.11. The quantitative estimate of drug-likeness (QED) is 0.392. The van der Waals surface area contributed by atoms with E-state index in [2.05, 4.69) is 26.0 Å². The molecule has 0 atom stereocenters. The largest absolute Gasteiger partial charge is 0.381 e. The SMILES string of the molecule is CN=C(NCCCOCC1CCOCC1)NCc1csc(N(C)C)n1. The first-order valence-corrected chi connectivity index (χ1v) is 9.78. The summed E-state index contributed by atoms with van der Waals surface area (Å²) in [6, 6.07) is 0. The molecule has 7 nitrogen and oxygen atoms in total. The van der Waals surface area contributed by atoms with E-state index in [1.807, 2.05) is 19.0 Å². The second-order valence-corrected chi connectivity index (χ2v) is 7.19. The molecule has 1 saturated heterocycles. The average molecular weight is 370 g/mol. The first-order chi connectivity index (χ1) is 12.2. The van der Waals surface area contributed by atoms with Gasteiger partial charge in [0.1, 0.15) is 0 Å². The van der Waals surface area contributed by atoms with Gasteiger partial charge in [-0.25, -0.2) is 4.98 Å². The minimum Gasteiger partial charge on any atom is -0.381 e. The Balaban J connectivity index is 1.54. The summed E-state index contributed by atoms with van der Waals surface area (Å²) in [5, 5.41) is 9.69. The molecule has 2 heterocycles. The maximum atomic E-state index is 5.77. The number of hydrogen-bond acceptors (Lipinski definition) is 6. The summed E-state index contributed by atoms with van der Waals surface area (Å²) >= 11 is 1.65. The Morgan fingerprint density at radius 1 is 1.40 bits per heavy atom. The van der Waals surface area contributed by atoms with Crippen molar-refractivity contribution in [3.8, 4) is 0 Å². The van der Waals surface area contributed by atoms with E-state index in [1.165, 1.54) is 0 Å². The molecule has 8 heteroatoms. The van der Waals surface area contributed by atoms with Crippen molar-refractivity contribution in [1.82, 2.24) is 15.6 Å². The van der Waals surface area contributed by atoms with Crippen LogP contribution in [0.1, 0.15) is 25.0 Å². The van der Waals surface area contributed by atoms with Gasteiger partial charge in [-0.3, -0.25) is 4.99 Å². The summed E-state index contributed by atoms with van der Waals surface area (Å²) in [6.07, 6.45) is 3.22. The molecule has 2 rings (SSSR count). The van der Waals surface area contributed by atoms with Gasteiger partial charge in [0.2, 0.25) is 0 Å². The van der Waals surface area contributed by atoms with Crippen LogP contribution in [0, 0.1) is 5.92 Å². The van der Waals surface area contributed by atoms with Gasteiger partial charge in [0.05, 0.1) is 12.2 Å². The highest BCUT2D eigenvalue weighted by Gasteiger charge is 2.13. The van der Waals surface area contributed by atoms with E-state index in [9.17, 15) is 0 Å². The molecule has 0 bridgehead atoms. The number of nitrogens with zero attached hydrogens (tertiary/aromatic N) is 3. The van der Waals surface area contributed by atoms with E-state index in [1.54, 1.807) is 18.4 Å². The van der Waals surface area contributed by atoms with Crippen LogP contribution < -0.4 is 15.5 Å². The molecule has 25 heavy (non-hydrogen) atoms. The number of rotatable bonds is 9. The Morgan fingerprint density at radius 2 is 2.20 bits per heavy atom. The molecule has 0 aliphatic carbocycles. The molecule has 0 spiro atoms. The predicted molar refractivity (Wildman–Crippen MR) is 104 cm³/mol. The summed E-state index contributed by atoms with van der Waals surface area (Å²) in [5.74, 6) is 1.46. The smallest absolute Gasteiger partial charge is 0.191 e. The number of nitrogens with one attached hydrogen (secondary N) is 2. The van der Waals surface area contributed by atoms with Gasteiger partial charge < -0.3 is 25.0 Å². The second kappa shape index (κ2) is 11.3. The Kier molecular flexibility index (Phi) is 8.99. The van der Waals surface area contributed by atoms with Crippen LogP contribution in [0.25, 0.3) is 0 Å². The van der Waals surface area contributed by atoms with Crippen molar-refractivity contribution >= 4 is 22.4 Å². The first kappa shape index (κ1) is 19.9. The van der Waals surface area contributed by atoms with Crippen LogP contribution >= 0.6 is 11.3 Å². The van der Waals surface area contributed by atoms with Gasteiger partial charge in [0.25, 0.3) is 0 Å². The fourth-order valence-electron chi connectivity index (χ4n) is 2.52. The summed E-state index contributed by atoms with van der Waals surface area (Å²) in [4.78, 5) is 10.8. The summed E-state index contributed by atoms with van der Waals surface area (Å²) in [6.45, 7) is 4.91. The van der Waals surface area contributed by atoms with Crippen LogP contribution in [0.5, 0.6) is 0 Å². The van der Waals surface area contributed by atoms with Gasteiger partial charge in [-0.2, -0.15) is 0 Å². The van der Waals surface area contributed by atoms with Gasteiger partial charge in [0, 0.05) is 59.5 Å². The van der Waals surface area contributed by atoms with E-state index < -0.39 is 0 Å². The Labute approximate surface area is 154 Å². The van der Waals surface area contributed by atoms with Crippen LogP contribution in [-0.2, 0) is 16.0 Å². The van der Waals surface area contributed by atoms with Crippen molar-refractivity contribution in [3.05, 3.63) is 11.1 Å². The number of guanidine groups is 1. The zero-order valence-electron chi connectivity index (χ0n) is 15.6. The standard InChI is InChI=1S/C17H31N5O2S/c1-18-16(20-11-15-13-25-17(21-15)22(2)3)19-7-4-8-24-12-14-5-9-23-10-6-14/h13-14H,4-12H2,1-3H3,(H2,18,19,20). The second-order valence-electron chi connectivity index (χ2n) is 6.35. The molecule has 1 aromatic rings. The fraction of sp³-hybridized carbons (Fsp3) is 0.765. The fourth-order valence-corrected chi connectivity index (χ4v) is 3.28. The van der Waals surface area contributed by atoms with E-state index in [0.717, 1.165) is 69.0 Å². The lowest BCUT2D eigenvalue weighted by molar-refractivity contribution is 0.0203. The lowest BCUT2D eigenvalue weighted by Gasteiger charge is -2.21. The van der Waals surface area contributed by atoms with Gasteiger partial charge in [0.15, 0.2) is 11.1 Å². The monoisotopic (exact) mass is 369 g/mol. The number of ether oxygens (including phenoxy) is 2. The maximum Gasteiger partial charge on any atom is 0.191 e. The van der Waals surface area contributed by atoms with Gasteiger partial charge in [-0.1, -0.05) is 0 Å². The third kappa shape index (κ3) is 7.58. The number of hydrogen-bond donors (Lipinski definition) is 2. The Hall–Kier alpha value is -1.38. The number of aliphatic imine (C=N–C) groups is 1. The van der Waals surface area contributed by atoms with Crippen LogP contribution in [0.4, 0.5) is 5.13 Å². The third-order valence-electron chi connectivity index (χ3n) is 4.04. The van der Waals surface area contributed by atoms with Crippen molar-refractivity contribution in [1.29, 1.82) is 0 Å². The zero-order chi connectivity index (χ0) is 17.9. The molecule has 1 aliphatic rings. The summed E-state index contributed by atoms with van der Waals surface area (Å²) in [5.41, 5.74) is 1.02. The van der Waals surface area contributed by atoms with E-state index in [0.29, 0.717) is 12.5 Å². The summed E-state index contributed by atoms with van der Waals surface area (Å²) < 4.78 is 11.1. The highest BCUT2D eigenvalue weighted by atomic mass is 32.1.